The van der Waals surface area contributed by atoms with Crippen LogP contribution in [0.4, 0.5) is 5.69 Å². The van der Waals surface area contributed by atoms with Crippen LogP contribution in [0.2, 0.25) is 0 Å². The molecule has 132 valence electrons. The third-order valence-electron chi connectivity index (χ3n) is 3.34. The molecule has 2 aromatic rings. The number of hydrogen-bond acceptors (Lipinski definition) is 4. The van der Waals surface area contributed by atoms with Crippen molar-refractivity contribution in [1.82, 2.24) is 0 Å². The topological polar surface area (TPSA) is 56.8 Å². The highest BCUT2D eigenvalue weighted by molar-refractivity contribution is 6.02. The summed E-state index contributed by atoms with van der Waals surface area (Å²) in [6.45, 7) is 3.91. The molecule has 0 unspecified atom stereocenters. The molecule has 0 aliphatic carbocycles. The van der Waals surface area contributed by atoms with Gasteiger partial charge in [0.1, 0.15) is 5.75 Å². The lowest BCUT2D eigenvalue weighted by molar-refractivity contribution is -0.111. The fourth-order valence-corrected chi connectivity index (χ4v) is 2.23. The molecule has 1 N–H and O–H groups in total. The zero-order valence-corrected chi connectivity index (χ0v) is 14.9. The summed E-state index contributed by atoms with van der Waals surface area (Å²) >= 11 is 0. The lowest BCUT2D eigenvalue weighted by atomic mass is 10.2. The third kappa shape index (κ3) is 5.28. The molecule has 0 radical (unpaired) electrons. The average Bonchev–Trinajstić information content (AvgIpc) is 2.60. The molecule has 0 aromatic heterocycles. The van der Waals surface area contributed by atoms with Gasteiger partial charge in [0, 0.05) is 6.08 Å². The van der Waals surface area contributed by atoms with E-state index in [1.54, 1.807) is 32.4 Å². The Balaban J connectivity index is 2.09. The molecule has 0 fully saturated rings. The van der Waals surface area contributed by atoms with E-state index >= 15 is 0 Å². The molecule has 2 aromatic carbocycles. The Morgan fingerprint density at radius 2 is 1.72 bits per heavy atom. The average molecular weight is 341 g/mol. The summed E-state index contributed by atoms with van der Waals surface area (Å²) in [5.41, 5.74) is 1.46. The van der Waals surface area contributed by atoms with Crippen molar-refractivity contribution in [2.45, 2.75) is 20.0 Å². The molecule has 0 saturated carbocycles. The van der Waals surface area contributed by atoms with Crippen LogP contribution in [0.1, 0.15) is 19.4 Å². The summed E-state index contributed by atoms with van der Waals surface area (Å²) in [6.07, 6.45) is 3.23. The van der Waals surface area contributed by atoms with E-state index in [1.165, 1.54) is 6.08 Å². The molecule has 5 nitrogen and oxygen atoms in total. The van der Waals surface area contributed by atoms with Crippen molar-refractivity contribution >= 4 is 17.7 Å². The van der Waals surface area contributed by atoms with E-state index < -0.39 is 0 Å². The number of rotatable bonds is 7. The van der Waals surface area contributed by atoms with Crippen LogP contribution in [0.15, 0.2) is 48.5 Å². The molecular weight excluding hydrogens is 318 g/mol. The third-order valence-corrected chi connectivity index (χ3v) is 3.34. The highest BCUT2D eigenvalue weighted by Gasteiger charge is 2.07. The number of benzene rings is 2. The number of methoxy groups -OCH3 is 2. The summed E-state index contributed by atoms with van der Waals surface area (Å²) in [5, 5.41) is 2.79. The number of para-hydroxylation sites is 2. The maximum Gasteiger partial charge on any atom is 0.248 e. The first-order valence-electron chi connectivity index (χ1n) is 8.00. The van der Waals surface area contributed by atoms with Crippen LogP contribution < -0.4 is 19.5 Å². The van der Waals surface area contributed by atoms with Gasteiger partial charge in [-0.15, -0.1) is 0 Å². The normalized spacial score (nSPS) is 10.8. The van der Waals surface area contributed by atoms with E-state index in [1.807, 2.05) is 44.2 Å². The van der Waals surface area contributed by atoms with Gasteiger partial charge in [-0.3, -0.25) is 4.79 Å². The molecule has 0 atom stereocenters. The molecule has 0 spiro atoms. The van der Waals surface area contributed by atoms with Crippen LogP contribution >= 0.6 is 0 Å². The Bertz CT molecular complexity index is 753. The van der Waals surface area contributed by atoms with Crippen molar-refractivity contribution in [3.05, 3.63) is 54.1 Å². The monoisotopic (exact) mass is 341 g/mol. The van der Waals surface area contributed by atoms with Crippen molar-refractivity contribution in [3.63, 3.8) is 0 Å². The Labute approximate surface area is 148 Å². The largest absolute Gasteiger partial charge is 0.495 e. The maximum atomic E-state index is 12.1. The van der Waals surface area contributed by atoms with E-state index in [4.69, 9.17) is 14.2 Å². The number of ether oxygens (including phenoxy) is 3. The number of amides is 1. The molecule has 2 rings (SSSR count). The second-order valence-electron chi connectivity index (χ2n) is 5.60. The number of hydrogen-bond donors (Lipinski definition) is 1. The second kappa shape index (κ2) is 8.78. The Morgan fingerprint density at radius 3 is 2.40 bits per heavy atom. The van der Waals surface area contributed by atoms with E-state index in [2.05, 4.69) is 5.32 Å². The molecule has 1 amide bonds. The predicted octanol–water partition coefficient (Wildman–Crippen LogP) is 4.14. The van der Waals surface area contributed by atoms with Crippen LogP contribution in [-0.2, 0) is 4.79 Å². The first-order chi connectivity index (χ1) is 12.0. The molecule has 0 heterocycles. The Kier molecular flexibility index (Phi) is 6.46. The van der Waals surface area contributed by atoms with Gasteiger partial charge in [0.05, 0.1) is 26.0 Å². The molecule has 5 heteroatoms. The molecule has 25 heavy (non-hydrogen) atoms. The fourth-order valence-electron chi connectivity index (χ4n) is 2.23. The highest BCUT2D eigenvalue weighted by Crippen LogP contribution is 2.29. The summed E-state index contributed by atoms with van der Waals surface area (Å²) in [7, 11) is 3.15. The minimum atomic E-state index is -0.244. The van der Waals surface area contributed by atoms with Crippen molar-refractivity contribution in [2.75, 3.05) is 19.5 Å². The zero-order chi connectivity index (χ0) is 18.2. The van der Waals surface area contributed by atoms with Gasteiger partial charge < -0.3 is 19.5 Å². The van der Waals surface area contributed by atoms with Crippen LogP contribution in [0.3, 0.4) is 0 Å². The predicted molar refractivity (Wildman–Crippen MR) is 99.4 cm³/mol. The van der Waals surface area contributed by atoms with E-state index in [0.717, 1.165) is 5.56 Å². The van der Waals surface area contributed by atoms with Gasteiger partial charge in [0.15, 0.2) is 11.5 Å². The van der Waals surface area contributed by atoms with E-state index in [9.17, 15) is 4.79 Å². The van der Waals surface area contributed by atoms with Gasteiger partial charge >= 0.3 is 0 Å². The summed E-state index contributed by atoms with van der Waals surface area (Å²) in [5.74, 6) is 1.67. The summed E-state index contributed by atoms with van der Waals surface area (Å²) in [4.78, 5) is 12.1. The quantitative estimate of drug-likeness (QED) is 0.769. The van der Waals surface area contributed by atoms with Gasteiger partial charge in [-0.25, -0.2) is 0 Å². The van der Waals surface area contributed by atoms with Crippen LogP contribution in [-0.4, -0.2) is 26.2 Å². The summed E-state index contributed by atoms with van der Waals surface area (Å²) < 4.78 is 16.2. The highest BCUT2D eigenvalue weighted by atomic mass is 16.5. The Hall–Kier alpha value is -2.95. The first-order valence-corrected chi connectivity index (χ1v) is 8.00. The zero-order valence-electron chi connectivity index (χ0n) is 14.9. The number of nitrogens with one attached hydrogen (secondary N) is 1. The van der Waals surface area contributed by atoms with Gasteiger partial charge in [-0.1, -0.05) is 18.2 Å². The lowest BCUT2D eigenvalue weighted by Gasteiger charge is -2.13. The standard InChI is InChI=1S/C20H23NO4/c1-14(2)25-18-11-9-15(13-19(18)24-4)10-12-20(22)21-16-7-5-6-8-17(16)23-3/h5-14H,1-4H3,(H,21,22)/b12-10+. The fraction of sp³-hybridized carbons (Fsp3) is 0.250. The summed E-state index contributed by atoms with van der Waals surface area (Å²) in [6, 6.07) is 12.8. The van der Waals surface area contributed by atoms with Gasteiger partial charge in [0.2, 0.25) is 5.91 Å². The molecule has 0 bridgehead atoms. The molecular formula is C20H23NO4. The smallest absolute Gasteiger partial charge is 0.248 e. The SMILES string of the molecule is COc1ccccc1NC(=O)/C=C/c1ccc(OC(C)C)c(OC)c1. The number of carbonyl (C=O) groups excluding carboxylic acids is 1. The second-order valence-corrected chi connectivity index (χ2v) is 5.60. The van der Waals surface area contributed by atoms with Crippen molar-refractivity contribution in [2.24, 2.45) is 0 Å². The first kappa shape index (κ1) is 18.4. The lowest BCUT2D eigenvalue weighted by Crippen LogP contribution is -2.08. The molecule has 0 saturated heterocycles. The van der Waals surface area contributed by atoms with Crippen molar-refractivity contribution in [1.29, 1.82) is 0 Å². The van der Waals surface area contributed by atoms with Crippen LogP contribution in [0, 0.1) is 0 Å². The maximum absolute atomic E-state index is 12.1. The van der Waals surface area contributed by atoms with Crippen LogP contribution in [0.25, 0.3) is 6.08 Å². The minimum absolute atomic E-state index is 0.0573. The Morgan fingerprint density at radius 1 is 1.00 bits per heavy atom. The molecule has 0 aliphatic heterocycles. The number of anilines is 1. The van der Waals surface area contributed by atoms with Crippen molar-refractivity contribution < 1.29 is 19.0 Å². The molecule has 0 aliphatic rings. The minimum Gasteiger partial charge on any atom is -0.495 e. The van der Waals surface area contributed by atoms with Crippen molar-refractivity contribution in [3.8, 4) is 17.2 Å². The van der Waals surface area contributed by atoms with Gasteiger partial charge in [0.25, 0.3) is 0 Å². The van der Waals surface area contributed by atoms with Gasteiger partial charge in [-0.2, -0.15) is 0 Å². The number of carbonyl (C=O) groups is 1. The van der Waals surface area contributed by atoms with E-state index in [-0.39, 0.29) is 12.0 Å². The van der Waals surface area contributed by atoms with E-state index in [0.29, 0.717) is 22.9 Å². The van der Waals surface area contributed by atoms with Crippen LogP contribution in [0.5, 0.6) is 17.2 Å². The van der Waals surface area contributed by atoms with Gasteiger partial charge in [-0.05, 0) is 49.8 Å².